The van der Waals surface area contributed by atoms with Crippen molar-refractivity contribution in [2.45, 2.75) is 52.4 Å². The van der Waals surface area contributed by atoms with E-state index >= 15 is 0 Å². The molecule has 0 bridgehead atoms. The molecule has 0 saturated carbocycles. The van der Waals surface area contributed by atoms with Gasteiger partial charge in [0.25, 0.3) is 0 Å². The van der Waals surface area contributed by atoms with Gasteiger partial charge in [-0.15, -0.1) is 0 Å². The second-order valence-electron chi connectivity index (χ2n) is 4.95. The first kappa shape index (κ1) is 16.7. The van der Waals surface area contributed by atoms with Crippen molar-refractivity contribution in [2.24, 2.45) is 0 Å². The van der Waals surface area contributed by atoms with E-state index in [2.05, 4.69) is 23.8 Å². The van der Waals surface area contributed by atoms with Gasteiger partial charge in [0.05, 0.1) is 17.4 Å². The Morgan fingerprint density at radius 1 is 0.950 bits per heavy atom. The molecule has 0 spiro atoms. The van der Waals surface area contributed by atoms with E-state index in [1.165, 1.54) is 38.5 Å². The second kappa shape index (κ2) is 11.5. The van der Waals surface area contributed by atoms with E-state index in [1.807, 2.05) is 24.3 Å². The molecule has 2 rings (SSSR count). The summed E-state index contributed by atoms with van der Waals surface area (Å²) in [6.07, 6.45) is 9.38. The van der Waals surface area contributed by atoms with Crippen LogP contribution in [0.4, 0.5) is 0 Å². The van der Waals surface area contributed by atoms with Gasteiger partial charge >= 0.3 is 0 Å². The molecule has 1 heterocycles. The monoisotopic (exact) mass is 276 g/mol. The van der Waals surface area contributed by atoms with Crippen LogP contribution in [0, 0.1) is 0 Å². The van der Waals surface area contributed by atoms with E-state index in [0.717, 1.165) is 24.2 Å². The molecule has 0 aliphatic heterocycles. The topological polar surface area (TPSA) is 37.9 Å². The molecule has 0 amide bonds. The number of aromatic nitrogens is 2. The number of H-pyrrole nitrogens is 1. The zero-order valence-corrected chi connectivity index (χ0v) is 12.9. The number of benzene rings is 1. The molecule has 3 nitrogen and oxygen atoms in total. The molecule has 0 saturated heterocycles. The zero-order chi connectivity index (χ0) is 14.5. The highest BCUT2D eigenvalue weighted by Crippen LogP contribution is 2.05. The minimum atomic E-state index is 0.970. The highest BCUT2D eigenvalue weighted by Gasteiger charge is 1.89. The van der Waals surface area contributed by atoms with Crippen LogP contribution < -0.4 is 0 Å². The summed E-state index contributed by atoms with van der Waals surface area (Å²) in [5.41, 5.74) is 2.12. The fourth-order valence-corrected chi connectivity index (χ4v) is 1.89. The molecule has 1 aromatic heterocycles. The Morgan fingerprint density at radius 2 is 1.60 bits per heavy atom. The molecule has 2 aromatic rings. The maximum absolute atomic E-state index is 5.44. The number of unbranched alkanes of at least 4 members (excludes halogenated alkanes) is 4. The van der Waals surface area contributed by atoms with Gasteiger partial charge in [0, 0.05) is 13.2 Å². The Bertz CT molecular complexity index is 401. The first-order valence-corrected chi connectivity index (χ1v) is 7.84. The highest BCUT2D eigenvalue weighted by molar-refractivity contribution is 5.73. The first-order chi connectivity index (χ1) is 9.88. The maximum Gasteiger partial charge on any atom is 0.0931 e. The van der Waals surface area contributed by atoms with Crippen LogP contribution in [0.1, 0.15) is 52.4 Å². The van der Waals surface area contributed by atoms with Gasteiger partial charge in [-0.2, -0.15) is 0 Å². The molecular weight excluding hydrogens is 248 g/mol. The summed E-state index contributed by atoms with van der Waals surface area (Å²) in [4.78, 5) is 7.07. The van der Waals surface area contributed by atoms with E-state index in [4.69, 9.17) is 4.74 Å². The third kappa shape index (κ3) is 7.29. The van der Waals surface area contributed by atoms with Crippen LogP contribution >= 0.6 is 0 Å². The molecule has 0 unspecified atom stereocenters. The predicted molar refractivity (Wildman–Crippen MR) is 86.0 cm³/mol. The number of imidazole rings is 1. The summed E-state index contributed by atoms with van der Waals surface area (Å²) >= 11 is 0. The summed E-state index contributed by atoms with van der Waals surface area (Å²) < 4.78 is 5.44. The third-order valence-corrected chi connectivity index (χ3v) is 3.11. The van der Waals surface area contributed by atoms with E-state index in [1.54, 1.807) is 6.33 Å². The Morgan fingerprint density at radius 3 is 2.20 bits per heavy atom. The number of para-hydroxylation sites is 2. The van der Waals surface area contributed by atoms with Crippen molar-refractivity contribution in [1.82, 2.24) is 9.97 Å². The van der Waals surface area contributed by atoms with Crippen LogP contribution in [-0.2, 0) is 4.74 Å². The largest absolute Gasteiger partial charge is 0.381 e. The number of fused-ring (bicyclic) bond motifs is 1. The number of aromatic amines is 1. The molecule has 1 N–H and O–H groups in total. The van der Waals surface area contributed by atoms with Gasteiger partial charge in [0.15, 0.2) is 0 Å². The van der Waals surface area contributed by atoms with Crippen LogP contribution in [-0.4, -0.2) is 23.2 Å². The number of nitrogens with zero attached hydrogens (tertiary/aromatic N) is 1. The van der Waals surface area contributed by atoms with Crippen LogP contribution in [0.2, 0.25) is 0 Å². The minimum absolute atomic E-state index is 0.970. The van der Waals surface area contributed by atoms with Gasteiger partial charge in [0.1, 0.15) is 0 Å². The molecule has 0 fully saturated rings. The molecule has 0 atom stereocenters. The Kier molecular flexibility index (Phi) is 9.58. The highest BCUT2D eigenvalue weighted by atomic mass is 16.5. The summed E-state index contributed by atoms with van der Waals surface area (Å²) in [6, 6.07) is 7.94. The SMILES string of the molecule is CCCCCOCCCCC.c1ccc2[nH]cnc2c1. The fraction of sp³-hybridized carbons (Fsp3) is 0.588. The number of rotatable bonds is 8. The van der Waals surface area contributed by atoms with Crippen LogP contribution in [0.3, 0.4) is 0 Å². The van der Waals surface area contributed by atoms with Gasteiger partial charge in [-0.05, 0) is 25.0 Å². The van der Waals surface area contributed by atoms with E-state index in [9.17, 15) is 0 Å². The Balaban J connectivity index is 0.000000202. The molecule has 0 radical (unpaired) electrons. The van der Waals surface area contributed by atoms with E-state index in [0.29, 0.717) is 0 Å². The molecule has 1 aromatic carbocycles. The van der Waals surface area contributed by atoms with Crippen molar-refractivity contribution in [2.75, 3.05) is 13.2 Å². The number of ether oxygens (including phenoxy) is 1. The average molecular weight is 276 g/mol. The smallest absolute Gasteiger partial charge is 0.0931 e. The predicted octanol–water partition coefficient (Wildman–Crippen LogP) is 4.95. The lowest BCUT2D eigenvalue weighted by molar-refractivity contribution is 0.126. The second-order valence-corrected chi connectivity index (χ2v) is 4.95. The molecule has 20 heavy (non-hydrogen) atoms. The van der Waals surface area contributed by atoms with Crippen molar-refractivity contribution in [3.63, 3.8) is 0 Å². The van der Waals surface area contributed by atoms with Crippen molar-refractivity contribution >= 4 is 11.0 Å². The van der Waals surface area contributed by atoms with Crippen molar-refractivity contribution in [1.29, 1.82) is 0 Å². The molecular formula is C17H28N2O. The maximum atomic E-state index is 5.44. The van der Waals surface area contributed by atoms with Gasteiger partial charge in [-0.25, -0.2) is 4.98 Å². The zero-order valence-electron chi connectivity index (χ0n) is 12.9. The first-order valence-electron chi connectivity index (χ1n) is 7.84. The molecule has 112 valence electrons. The standard InChI is InChI=1S/C10H22O.C7H6N2/c1-3-5-7-9-11-10-8-6-4-2;1-2-4-7-6(3-1)8-5-9-7/h3-10H2,1-2H3;1-5H,(H,8,9). The summed E-state index contributed by atoms with van der Waals surface area (Å²) in [5, 5.41) is 0. The third-order valence-electron chi connectivity index (χ3n) is 3.11. The van der Waals surface area contributed by atoms with E-state index < -0.39 is 0 Å². The van der Waals surface area contributed by atoms with Gasteiger partial charge in [-0.3, -0.25) is 0 Å². The molecule has 3 heteroatoms. The Labute approximate surface area is 122 Å². The van der Waals surface area contributed by atoms with Crippen LogP contribution in [0.5, 0.6) is 0 Å². The van der Waals surface area contributed by atoms with E-state index in [-0.39, 0.29) is 0 Å². The molecule has 0 aliphatic rings. The van der Waals surface area contributed by atoms with Crippen molar-refractivity contribution < 1.29 is 4.74 Å². The summed E-state index contributed by atoms with van der Waals surface area (Å²) in [5.74, 6) is 0. The lowest BCUT2D eigenvalue weighted by Gasteiger charge is -2.01. The number of nitrogens with one attached hydrogen (secondary N) is 1. The number of hydrogen-bond donors (Lipinski definition) is 1. The van der Waals surface area contributed by atoms with Crippen molar-refractivity contribution in [3.05, 3.63) is 30.6 Å². The van der Waals surface area contributed by atoms with Crippen molar-refractivity contribution in [3.8, 4) is 0 Å². The summed E-state index contributed by atoms with van der Waals surface area (Å²) in [7, 11) is 0. The van der Waals surface area contributed by atoms with Gasteiger partial charge in [0.2, 0.25) is 0 Å². The summed E-state index contributed by atoms with van der Waals surface area (Å²) in [6.45, 7) is 6.38. The van der Waals surface area contributed by atoms with Crippen LogP contribution in [0.25, 0.3) is 11.0 Å². The average Bonchev–Trinajstić information content (AvgIpc) is 2.95. The van der Waals surface area contributed by atoms with Crippen LogP contribution in [0.15, 0.2) is 30.6 Å². The number of hydrogen-bond acceptors (Lipinski definition) is 2. The Hall–Kier alpha value is -1.35. The lowest BCUT2D eigenvalue weighted by atomic mass is 10.2. The molecule has 0 aliphatic carbocycles. The normalized spacial score (nSPS) is 10.3. The lowest BCUT2D eigenvalue weighted by Crippen LogP contribution is -1.96. The minimum Gasteiger partial charge on any atom is -0.381 e. The quantitative estimate of drug-likeness (QED) is 0.693. The van der Waals surface area contributed by atoms with Gasteiger partial charge in [-0.1, -0.05) is 51.7 Å². The fourth-order valence-electron chi connectivity index (χ4n) is 1.89. The van der Waals surface area contributed by atoms with Gasteiger partial charge < -0.3 is 9.72 Å².